The molecule has 3 aromatic carbocycles. The highest BCUT2D eigenvalue weighted by molar-refractivity contribution is 6.01. The van der Waals surface area contributed by atoms with Crippen LogP contribution < -0.4 is 14.2 Å². The second-order valence-electron chi connectivity index (χ2n) is 5.65. The fraction of sp³-hybridized carbons (Fsp3) is 0.190. The van der Waals surface area contributed by atoms with Gasteiger partial charge < -0.3 is 14.2 Å². The summed E-state index contributed by atoms with van der Waals surface area (Å²) < 4.78 is 16.0. The highest BCUT2D eigenvalue weighted by Gasteiger charge is 2.17. The predicted molar refractivity (Wildman–Crippen MR) is 98.1 cm³/mol. The first-order valence-electron chi connectivity index (χ1n) is 7.97. The Balaban J connectivity index is 1.98. The maximum absolute atomic E-state index is 12.8. The summed E-state index contributed by atoms with van der Waals surface area (Å²) in [6, 6.07) is 17.4. The van der Waals surface area contributed by atoms with Crippen molar-refractivity contribution in [1.29, 1.82) is 0 Å². The zero-order valence-electron chi connectivity index (χ0n) is 14.5. The molecule has 0 bridgehead atoms. The number of hydrogen-bond acceptors (Lipinski definition) is 4. The maximum atomic E-state index is 12.8. The largest absolute Gasteiger partial charge is 0.493 e. The van der Waals surface area contributed by atoms with Crippen LogP contribution in [0.15, 0.2) is 54.6 Å². The first-order valence-corrected chi connectivity index (χ1v) is 7.97. The lowest BCUT2D eigenvalue weighted by Crippen LogP contribution is -2.06. The second kappa shape index (κ2) is 7.26. The van der Waals surface area contributed by atoms with E-state index in [-0.39, 0.29) is 5.78 Å². The lowest BCUT2D eigenvalue weighted by Gasteiger charge is -2.14. The molecular weight excluding hydrogens is 316 g/mol. The number of carbonyl (C=O) groups excluding carboxylic acids is 1. The minimum Gasteiger partial charge on any atom is -0.493 e. The van der Waals surface area contributed by atoms with Crippen molar-refractivity contribution in [2.45, 2.75) is 6.42 Å². The topological polar surface area (TPSA) is 44.8 Å². The van der Waals surface area contributed by atoms with E-state index < -0.39 is 0 Å². The molecule has 0 aliphatic heterocycles. The van der Waals surface area contributed by atoms with Gasteiger partial charge >= 0.3 is 0 Å². The highest BCUT2D eigenvalue weighted by atomic mass is 16.5. The number of rotatable bonds is 6. The normalized spacial score (nSPS) is 10.5. The Morgan fingerprint density at radius 2 is 1.48 bits per heavy atom. The third-order valence-corrected chi connectivity index (χ3v) is 4.22. The minimum absolute atomic E-state index is 0.00407. The number of methoxy groups -OCH3 is 3. The van der Waals surface area contributed by atoms with Crippen LogP contribution in [0.5, 0.6) is 17.2 Å². The molecule has 0 aromatic heterocycles. The highest BCUT2D eigenvalue weighted by Crippen LogP contribution is 2.38. The molecule has 0 aliphatic carbocycles. The van der Waals surface area contributed by atoms with Crippen LogP contribution in [0.4, 0.5) is 0 Å². The van der Waals surface area contributed by atoms with Crippen molar-refractivity contribution in [2.24, 2.45) is 0 Å². The molecule has 4 heteroatoms. The van der Waals surface area contributed by atoms with Gasteiger partial charge in [-0.1, -0.05) is 42.5 Å². The Morgan fingerprint density at radius 1 is 0.840 bits per heavy atom. The standard InChI is InChI=1S/C21H20O4/c1-23-19-12-16(13-20(24-2)21(19)25-3)18(22)11-15-9-6-8-14-7-4-5-10-17(14)15/h4-10,12-13H,11H2,1-3H3. The second-order valence-corrected chi connectivity index (χ2v) is 5.65. The van der Waals surface area contributed by atoms with E-state index in [1.54, 1.807) is 12.1 Å². The van der Waals surface area contributed by atoms with Crippen molar-refractivity contribution < 1.29 is 19.0 Å². The number of carbonyl (C=O) groups is 1. The van der Waals surface area contributed by atoms with Gasteiger partial charge in [-0.05, 0) is 28.5 Å². The SMILES string of the molecule is COc1cc(C(=O)Cc2cccc3ccccc23)cc(OC)c1OC. The van der Waals surface area contributed by atoms with Crippen molar-refractivity contribution in [2.75, 3.05) is 21.3 Å². The van der Waals surface area contributed by atoms with E-state index in [4.69, 9.17) is 14.2 Å². The molecule has 0 spiro atoms. The minimum atomic E-state index is -0.00407. The summed E-state index contributed by atoms with van der Waals surface area (Å²) in [5, 5.41) is 2.21. The third-order valence-electron chi connectivity index (χ3n) is 4.22. The molecule has 0 saturated heterocycles. The first kappa shape index (κ1) is 16.8. The fourth-order valence-electron chi connectivity index (χ4n) is 2.96. The third kappa shape index (κ3) is 3.29. The van der Waals surface area contributed by atoms with Gasteiger partial charge in [0.05, 0.1) is 21.3 Å². The van der Waals surface area contributed by atoms with E-state index in [0.29, 0.717) is 29.2 Å². The molecule has 0 amide bonds. The molecule has 4 nitrogen and oxygen atoms in total. The van der Waals surface area contributed by atoms with Crippen molar-refractivity contribution in [3.63, 3.8) is 0 Å². The Hall–Kier alpha value is -3.01. The van der Waals surface area contributed by atoms with Crippen molar-refractivity contribution >= 4 is 16.6 Å². The molecule has 0 atom stereocenters. The van der Waals surface area contributed by atoms with Crippen LogP contribution in [0.2, 0.25) is 0 Å². The van der Waals surface area contributed by atoms with Crippen molar-refractivity contribution in [3.8, 4) is 17.2 Å². The molecule has 128 valence electrons. The van der Waals surface area contributed by atoms with Gasteiger partial charge in [-0.3, -0.25) is 4.79 Å². The average Bonchev–Trinajstić information content (AvgIpc) is 2.66. The van der Waals surface area contributed by atoms with Crippen LogP contribution in [-0.2, 0) is 6.42 Å². The van der Waals surface area contributed by atoms with Gasteiger partial charge in [0.1, 0.15) is 0 Å². The molecule has 3 aromatic rings. The fourth-order valence-corrected chi connectivity index (χ4v) is 2.96. The first-order chi connectivity index (χ1) is 12.2. The van der Waals surface area contributed by atoms with Crippen LogP contribution in [-0.4, -0.2) is 27.1 Å². The number of ketones is 1. The van der Waals surface area contributed by atoms with Crippen molar-refractivity contribution in [3.05, 3.63) is 65.7 Å². The van der Waals surface area contributed by atoms with E-state index in [0.717, 1.165) is 16.3 Å². The molecule has 0 fully saturated rings. The molecule has 0 N–H and O–H groups in total. The molecule has 3 rings (SSSR count). The number of fused-ring (bicyclic) bond motifs is 1. The Labute approximate surface area is 146 Å². The zero-order valence-corrected chi connectivity index (χ0v) is 14.5. The van der Waals surface area contributed by atoms with E-state index in [1.807, 2.05) is 42.5 Å². The van der Waals surface area contributed by atoms with Crippen LogP contribution in [0.1, 0.15) is 15.9 Å². The van der Waals surface area contributed by atoms with E-state index in [2.05, 4.69) is 0 Å². The van der Waals surface area contributed by atoms with E-state index in [1.165, 1.54) is 21.3 Å². The van der Waals surface area contributed by atoms with Gasteiger partial charge in [0.25, 0.3) is 0 Å². The van der Waals surface area contributed by atoms with Crippen LogP contribution in [0.3, 0.4) is 0 Å². The number of hydrogen-bond donors (Lipinski definition) is 0. The summed E-state index contributed by atoms with van der Waals surface area (Å²) in [5.41, 5.74) is 1.53. The summed E-state index contributed by atoms with van der Waals surface area (Å²) in [4.78, 5) is 12.8. The number of Topliss-reactive ketones (excluding diaryl/α,β-unsaturated/α-hetero) is 1. The predicted octanol–water partition coefficient (Wildman–Crippen LogP) is 4.29. The van der Waals surface area contributed by atoms with Crippen LogP contribution >= 0.6 is 0 Å². The van der Waals surface area contributed by atoms with Gasteiger partial charge in [-0.25, -0.2) is 0 Å². The van der Waals surface area contributed by atoms with E-state index in [9.17, 15) is 4.79 Å². The Bertz CT molecular complexity index is 884. The quantitative estimate of drug-likeness (QED) is 0.630. The van der Waals surface area contributed by atoms with Crippen molar-refractivity contribution in [1.82, 2.24) is 0 Å². The molecule has 0 unspecified atom stereocenters. The monoisotopic (exact) mass is 336 g/mol. The number of ether oxygens (including phenoxy) is 3. The summed E-state index contributed by atoms with van der Waals surface area (Å²) in [7, 11) is 4.62. The molecule has 0 saturated carbocycles. The van der Waals surface area contributed by atoms with Crippen LogP contribution in [0, 0.1) is 0 Å². The van der Waals surface area contributed by atoms with Gasteiger partial charge in [0.2, 0.25) is 5.75 Å². The molecule has 0 aliphatic rings. The smallest absolute Gasteiger partial charge is 0.203 e. The summed E-state index contributed by atoms with van der Waals surface area (Å²) in [5.74, 6) is 1.42. The maximum Gasteiger partial charge on any atom is 0.203 e. The van der Waals surface area contributed by atoms with E-state index >= 15 is 0 Å². The summed E-state index contributed by atoms with van der Waals surface area (Å²) in [6.07, 6.45) is 0.306. The van der Waals surface area contributed by atoms with Gasteiger partial charge in [0.15, 0.2) is 17.3 Å². The van der Waals surface area contributed by atoms with Gasteiger partial charge in [-0.2, -0.15) is 0 Å². The van der Waals surface area contributed by atoms with Gasteiger partial charge in [-0.15, -0.1) is 0 Å². The average molecular weight is 336 g/mol. The Morgan fingerprint density at radius 3 is 2.12 bits per heavy atom. The lowest BCUT2D eigenvalue weighted by molar-refractivity contribution is 0.0992. The summed E-state index contributed by atoms with van der Waals surface area (Å²) in [6.45, 7) is 0. The van der Waals surface area contributed by atoms with Crippen LogP contribution in [0.25, 0.3) is 10.8 Å². The number of benzene rings is 3. The summed E-state index contributed by atoms with van der Waals surface area (Å²) >= 11 is 0. The molecule has 25 heavy (non-hydrogen) atoms. The Kier molecular flexibility index (Phi) is 4.89. The zero-order chi connectivity index (χ0) is 17.8. The molecule has 0 radical (unpaired) electrons. The molecular formula is C21H20O4. The lowest BCUT2D eigenvalue weighted by atomic mass is 9.97. The van der Waals surface area contributed by atoms with Gasteiger partial charge in [0, 0.05) is 12.0 Å². The molecule has 0 heterocycles.